The van der Waals surface area contributed by atoms with Gasteiger partial charge in [0.1, 0.15) is 30.7 Å². The molecule has 59 heavy (non-hydrogen) atoms. The van der Waals surface area contributed by atoms with Crippen molar-refractivity contribution in [3.05, 3.63) is 129 Å². The van der Waals surface area contributed by atoms with Gasteiger partial charge in [0.25, 0.3) is 11.5 Å². The quantitative estimate of drug-likeness (QED) is 0.156. The van der Waals surface area contributed by atoms with Gasteiger partial charge in [0, 0.05) is 31.6 Å². The number of aryl methyl sites for hydroxylation is 1. The number of nitrogens with one attached hydrogen (secondary N) is 1. The van der Waals surface area contributed by atoms with E-state index in [1.165, 1.54) is 6.33 Å². The number of anilines is 2. The van der Waals surface area contributed by atoms with E-state index < -0.39 is 29.8 Å². The number of furan rings is 1. The fourth-order valence-corrected chi connectivity index (χ4v) is 7.28. The van der Waals surface area contributed by atoms with Gasteiger partial charge in [-0.25, -0.2) is 9.97 Å². The number of carbonyl (C=O) groups is 2. The number of rotatable bonds is 10. The van der Waals surface area contributed by atoms with Crippen LogP contribution in [0.4, 0.5) is 24.5 Å². The number of fused-ring (bicyclic) bond motifs is 2. The highest BCUT2D eigenvalue weighted by Gasteiger charge is 2.33. The fraction of sp³-hybridized carbons (Fsp3) is 0.244. The van der Waals surface area contributed by atoms with Crippen molar-refractivity contribution in [2.75, 3.05) is 36.4 Å². The predicted molar refractivity (Wildman–Crippen MR) is 213 cm³/mol. The molecular weight excluding hydrogens is 791 g/mol. The third-order valence-corrected chi connectivity index (χ3v) is 10.3. The van der Waals surface area contributed by atoms with Crippen molar-refractivity contribution in [2.24, 2.45) is 0 Å². The molecule has 0 radical (unpaired) electrons. The Hall–Kier alpha value is -6.75. The van der Waals surface area contributed by atoms with Crippen molar-refractivity contribution in [1.82, 2.24) is 34.0 Å². The molecule has 14 nitrogen and oxygen atoms in total. The SMILES string of the molecule is CCc1c(N2CCN(C(=O)c3ncnc(C)c3OCc3ccccc3)CC2)c(=O)n2nc(-c3cc4ccccc4o3)nc2n1CC(=O)Nc1ccc(C(F)(F)F)cc1Cl. The van der Waals surface area contributed by atoms with E-state index in [0.29, 0.717) is 22.7 Å². The number of halogens is 4. The minimum atomic E-state index is -4.63. The van der Waals surface area contributed by atoms with Crippen LogP contribution in [0, 0.1) is 6.92 Å². The molecule has 3 aromatic carbocycles. The standard InChI is InChI=1S/C41H35ClF3N9O5/c1-3-30-35(51-15-17-52(18-16-51)38(56)34-36(24(2)46-23-47-34)58-22-25-9-5-4-6-10-25)39(57)54-40(49-37(50-54)32-19-26-11-7-8-12-31(26)59-32)53(30)21-33(55)48-29-14-13-27(20-28(29)42)41(43,44)45/h4-14,19-20,23H,3,15-18,21-22H2,1-2H3,(H,48,55). The zero-order valence-corrected chi connectivity index (χ0v) is 32.4. The first-order chi connectivity index (χ1) is 28.4. The number of hydrogen-bond acceptors (Lipinski definition) is 10. The third-order valence-electron chi connectivity index (χ3n) is 9.97. The van der Waals surface area contributed by atoms with E-state index in [1.54, 1.807) is 28.5 Å². The monoisotopic (exact) mass is 825 g/mol. The normalized spacial score (nSPS) is 13.3. The predicted octanol–water partition coefficient (Wildman–Crippen LogP) is 6.82. The lowest BCUT2D eigenvalue weighted by Crippen LogP contribution is -2.51. The second-order valence-electron chi connectivity index (χ2n) is 13.8. The van der Waals surface area contributed by atoms with Crippen LogP contribution < -0.4 is 20.5 Å². The molecule has 1 fully saturated rings. The van der Waals surface area contributed by atoms with Gasteiger partial charge in [0.2, 0.25) is 17.5 Å². The van der Waals surface area contributed by atoms with E-state index in [4.69, 9.17) is 20.8 Å². The van der Waals surface area contributed by atoms with Crippen molar-refractivity contribution in [1.29, 1.82) is 0 Å². The molecule has 5 heterocycles. The molecule has 302 valence electrons. The van der Waals surface area contributed by atoms with Crippen LogP contribution in [-0.2, 0) is 30.5 Å². The Morgan fingerprint density at radius 2 is 1.71 bits per heavy atom. The summed E-state index contributed by atoms with van der Waals surface area (Å²) in [5, 5.41) is 7.63. The van der Waals surface area contributed by atoms with E-state index in [0.717, 1.165) is 33.7 Å². The number of alkyl halides is 3. The van der Waals surface area contributed by atoms with E-state index in [2.05, 4.69) is 25.4 Å². The molecule has 1 aliphatic heterocycles. The number of carbonyl (C=O) groups excluding carboxylic acids is 2. The van der Waals surface area contributed by atoms with E-state index in [-0.39, 0.29) is 84.6 Å². The van der Waals surface area contributed by atoms with Crippen LogP contribution in [0.2, 0.25) is 5.02 Å². The maximum absolute atomic E-state index is 14.5. The minimum Gasteiger partial charge on any atom is -0.485 e. The molecule has 8 rings (SSSR count). The summed E-state index contributed by atoms with van der Waals surface area (Å²) in [6.45, 7) is 4.28. The van der Waals surface area contributed by atoms with Crippen LogP contribution in [0.3, 0.4) is 0 Å². The minimum absolute atomic E-state index is 0.0299. The number of aromatic nitrogens is 6. The first-order valence-corrected chi connectivity index (χ1v) is 19.0. The van der Waals surface area contributed by atoms with Gasteiger partial charge in [-0.05, 0) is 49.2 Å². The number of hydrogen-bond donors (Lipinski definition) is 1. The summed E-state index contributed by atoms with van der Waals surface area (Å²) in [6.07, 6.45) is -3.04. The molecule has 0 saturated carbocycles. The average Bonchev–Trinajstić information content (AvgIpc) is 3.88. The molecule has 1 N–H and O–H groups in total. The highest BCUT2D eigenvalue weighted by Crippen LogP contribution is 2.34. The van der Waals surface area contributed by atoms with Gasteiger partial charge in [0.15, 0.2) is 17.2 Å². The van der Waals surface area contributed by atoms with Gasteiger partial charge in [-0.15, -0.1) is 5.10 Å². The number of para-hydroxylation sites is 1. The fourth-order valence-electron chi connectivity index (χ4n) is 7.05. The summed E-state index contributed by atoms with van der Waals surface area (Å²) >= 11 is 6.17. The van der Waals surface area contributed by atoms with Crippen molar-refractivity contribution >= 4 is 51.5 Å². The summed E-state index contributed by atoms with van der Waals surface area (Å²) in [5.41, 5.74) is 1.33. The maximum atomic E-state index is 14.5. The van der Waals surface area contributed by atoms with Crippen molar-refractivity contribution in [3.8, 4) is 17.3 Å². The Kier molecular flexibility index (Phi) is 10.5. The molecule has 2 amide bonds. The number of piperazine rings is 1. The second-order valence-corrected chi connectivity index (χ2v) is 14.2. The van der Waals surface area contributed by atoms with Crippen LogP contribution >= 0.6 is 11.6 Å². The average molecular weight is 826 g/mol. The summed E-state index contributed by atoms with van der Waals surface area (Å²) < 4.78 is 54.7. The highest BCUT2D eigenvalue weighted by molar-refractivity contribution is 6.33. The molecule has 0 aliphatic carbocycles. The Balaban J connectivity index is 1.11. The van der Waals surface area contributed by atoms with Crippen LogP contribution in [0.1, 0.15) is 39.9 Å². The lowest BCUT2D eigenvalue weighted by Gasteiger charge is -2.36. The van der Waals surface area contributed by atoms with Gasteiger partial charge >= 0.3 is 6.18 Å². The van der Waals surface area contributed by atoms with Gasteiger partial charge < -0.3 is 28.8 Å². The van der Waals surface area contributed by atoms with Crippen molar-refractivity contribution in [3.63, 3.8) is 0 Å². The number of nitrogens with zero attached hydrogens (tertiary/aromatic N) is 8. The highest BCUT2D eigenvalue weighted by atomic mass is 35.5. The van der Waals surface area contributed by atoms with Crippen LogP contribution in [-0.4, -0.2) is 72.0 Å². The summed E-state index contributed by atoms with van der Waals surface area (Å²) in [4.78, 5) is 58.8. The van der Waals surface area contributed by atoms with Gasteiger partial charge in [-0.3, -0.25) is 14.4 Å². The second kappa shape index (κ2) is 15.9. The number of amides is 2. The maximum Gasteiger partial charge on any atom is 0.416 e. The first kappa shape index (κ1) is 39.1. The molecule has 18 heteroatoms. The first-order valence-electron chi connectivity index (χ1n) is 18.6. The molecule has 1 aliphatic rings. The topological polar surface area (TPSA) is 153 Å². The zero-order valence-electron chi connectivity index (χ0n) is 31.7. The molecular formula is C41H35ClF3N9O5. The summed E-state index contributed by atoms with van der Waals surface area (Å²) in [5.74, 6) is -0.290. The number of benzene rings is 3. The Labute approximate surface area is 338 Å². The third kappa shape index (κ3) is 7.80. The van der Waals surface area contributed by atoms with Crippen LogP contribution in [0.25, 0.3) is 28.3 Å². The molecule has 7 aromatic rings. The summed E-state index contributed by atoms with van der Waals surface area (Å²) in [6, 6.07) is 21.2. The van der Waals surface area contributed by atoms with Gasteiger partial charge in [0.05, 0.1) is 27.7 Å². The molecule has 0 unspecified atom stereocenters. The largest absolute Gasteiger partial charge is 0.485 e. The smallest absolute Gasteiger partial charge is 0.416 e. The van der Waals surface area contributed by atoms with E-state index in [1.807, 2.05) is 60.4 Å². The molecule has 0 spiro atoms. The lowest BCUT2D eigenvalue weighted by atomic mass is 10.2. The van der Waals surface area contributed by atoms with Gasteiger partial charge in [-0.1, -0.05) is 67.1 Å². The van der Waals surface area contributed by atoms with Crippen molar-refractivity contribution in [2.45, 2.75) is 39.6 Å². The van der Waals surface area contributed by atoms with E-state index >= 15 is 0 Å². The molecule has 0 bridgehead atoms. The van der Waals surface area contributed by atoms with Crippen molar-refractivity contribution < 1.29 is 31.9 Å². The molecule has 0 atom stereocenters. The van der Waals surface area contributed by atoms with Gasteiger partial charge in [-0.2, -0.15) is 22.7 Å². The Bertz CT molecular complexity index is 2750. The Morgan fingerprint density at radius 3 is 2.42 bits per heavy atom. The Morgan fingerprint density at radius 1 is 0.966 bits per heavy atom. The number of ether oxygens (including phenoxy) is 1. The van der Waals surface area contributed by atoms with Crippen LogP contribution in [0.15, 0.2) is 94.4 Å². The van der Waals surface area contributed by atoms with Crippen LogP contribution in [0.5, 0.6) is 5.75 Å². The molecule has 4 aromatic heterocycles. The lowest BCUT2D eigenvalue weighted by molar-refractivity contribution is -0.137. The molecule has 1 saturated heterocycles. The van der Waals surface area contributed by atoms with E-state index in [9.17, 15) is 27.6 Å². The summed E-state index contributed by atoms with van der Waals surface area (Å²) in [7, 11) is 0. The zero-order chi connectivity index (χ0) is 41.4.